The standard InChI is InChI=1S/C29H36O12/c1-2-16(17-7-11-19(12-8-17)39-29-27(37)25(35)23(33)21(14-31)41-29)6-3-15-4-9-18(10-5-15)38-28-26(36)24(34)22(32)20(13-30)40-28/h2-12,16,20-37H,1,13-14H2/b6-3-. The Balaban J connectivity index is 1.35. The molecule has 2 aliphatic rings. The van der Waals surface area contributed by atoms with E-state index in [0.29, 0.717) is 11.5 Å². The molecule has 2 aromatic rings. The SMILES string of the molecule is C=CC(/C=C\c1ccc(OC2OC(CO)C(O)C(O)C2O)cc1)c1ccc(OC2OC(CO)C(O)C(O)C2O)cc1. The average Bonchev–Trinajstić information content (AvgIpc) is 2.99. The van der Waals surface area contributed by atoms with E-state index in [1.165, 1.54) is 0 Å². The molecule has 11 atom stereocenters. The van der Waals surface area contributed by atoms with Crippen molar-refractivity contribution in [1.29, 1.82) is 0 Å². The van der Waals surface area contributed by atoms with E-state index in [1.807, 2.05) is 12.2 Å². The van der Waals surface area contributed by atoms with E-state index in [0.717, 1.165) is 11.1 Å². The Labute approximate surface area is 236 Å². The second-order valence-corrected chi connectivity index (χ2v) is 9.89. The number of ether oxygens (including phenoxy) is 4. The molecule has 12 heteroatoms. The molecule has 0 aliphatic carbocycles. The Bertz CT molecular complexity index is 1140. The van der Waals surface area contributed by atoms with E-state index in [4.69, 9.17) is 18.9 Å². The number of allylic oxidation sites excluding steroid dienone is 2. The van der Waals surface area contributed by atoms with Gasteiger partial charge in [0.15, 0.2) is 0 Å². The lowest BCUT2D eigenvalue weighted by molar-refractivity contribution is -0.277. The van der Waals surface area contributed by atoms with Gasteiger partial charge in [0.05, 0.1) is 13.2 Å². The Hall–Kier alpha value is -2.88. The van der Waals surface area contributed by atoms with Crippen molar-refractivity contribution in [2.45, 2.75) is 67.3 Å². The lowest BCUT2D eigenvalue weighted by atomic mass is 9.97. The van der Waals surface area contributed by atoms with E-state index in [2.05, 4.69) is 6.58 Å². The number of hydrogen-bond acceptors (Lipinski definition) is 12. The van der Waals surface area contributed by atoms with Crippen LogP contribution in [0.3, 0.4) is 0 Å². The van der Waals surface area contributed by atoms with Crippen molar-refractivity contribution in [2.24, 2.45) is 0 Å². The normalized spacial score (nSPS) is 34.7. The van der Waals surface area contributed by atoms with E-state index < -0.39 is 74.6 Å². The molecule has 2 fully saturated rings. The Morgan fingerprint density at radius 2 is 1.10 bits per heavy atom. The summed E-state index contributed by atoms with van der Waals surface area (Å²) in [4.78, 5) is 0. The maximum absolute atomic E-state index is 10.2. The molecule has 2 aromatic carbocycles. The second kappa shape index (κ2) is 13.9. The van der Waals surface area contributed by atoms with Gasteiger partial charge in [-0.15, -0.1) is 6.58 Å². The van der Waals surface area contributed by atoms with Gasteiger partial charge in [-0.2, -0.15) is 0 Å². The van der Waals surface area contributed by atoms with Crippen LogP contribution in [0.15, 0.2) is 67.3 Å². The van der Waals surface area contributed by atoms with Crippen molar-refractivity contribution in [1.82, 2.24) is 0 Å². The molecule has 8 N–H and O–H groups in total. The lowest BCUT2D eigenvalue weighted by Gasteiger charge is -2.39. The predicted octanol–water partition coefficient (Wildman–Crippen LogP) is -0.973. The zero-order valence-electron chi connectivity index (χ0n) is 22.0. The van der Waals surface area contributed by atoms with Crippen LogP contribution >= 0.6 is 0 Å². The summed E-state index contributed by atoms with van der Waals surface area (Å²) in [6.45, 7) is 2.80. The van der Waals surface area contributed by atoms with Crippen LogP contribution in [-0.2, 0) is 9.47 Å². The van der Waals surface area contributed by atoms with Gasteiger partial charge >= 0.3 is 0 Å². The van der Waals surface area contributed by atoms with Crippen molar-refractivity contribution in [2.75, 3.05) is 13.2 Å². The summed E-state index contributed by atoms with van der Waals surface area (Å²) >= 11 is 0. The molecule has 0 amide bonds. The maximum Gasteiger partial charge on any atom is 0.229 e. The molecular formula is C29H36O12. The summed E-state index contributed by atoms with van der Waals surface area (Å²) in [5.74, 6) is 0.531. The third kappa shape index (κ3) is 7.13. The first-order chi connectivity index (χ1) is 19.7. The van der Waals surface area contributed by atoms with Crippen LogP contribution < -0.4 is 9.47 Å². The van der Waals surface area contributed by atoms with E-state index >= 15 is 0 Å². The number of aliphatic hydroxyl groups excluding tert-OH is 8. The third-order valence-electron chi connectivity index (χ3n) is 7.10. The molecule has 2 saturated heterocycles. The molecule has 0 saturated carbocycles. The summed E-state index contributed by atoms with van der Waals surface area (Å²) in [6, 6.07) is 13.8. The lowest BCUT2D eigenvalue weighted by Crippen LogP contribution is -2.60. The van der Waals surface area contributed by atoms with Crippen LogP contribution in [0.1, 0.15) is 17.0 Å². The number of aliphatic hydroxyl groups is 8. The minimum atomic E-state index is -1.53. The van der Waals surface area contributed by atoms with Crippen LogP contribution in [-0.4, -0.2) is 115 Å². The Morgan fingerprint density at radius 1 is 0.659 bits per heavy atom. The van der Waals surface area contributed by atoms with Gasteiger partial charge in [0.2, 0.25) is 12.6 Å². The third-order valence-corrected chi connectivity index (χ3v) is 7.10. The van der Waals surface area contributed by atoms with Crippen molar-refractivity contribution in [3.8, 4) is 11.5 Å². The van der Waals surface area contributed by atoms with Gasteiger partial charge in [0, 0.05) is 5.92 Å². The molecule has 4 rings (SSSR count). The van der Waals surface area contributed by atoms with Crippen LogP contribution in [0.2, 0.25) is 0 Å². The fourth-order valence-corrected chi connectivity index (χ4v) is 4.56. The first-order valence-corrected chi connectivity index (χ1v) is 13.1. The van der Waals surface area contributed by atoms with Crippen molar-refractivity contribution in [3.63, 3.8) is 0 Å². The van der Waals surface area contributed by atoms with Crippen molar-refractivity contribution in [3.05, 3.63) is 78.4 Å². The fraction of sp³-hybridized carbons (Fsp3) is 0.448. The van der Waals surface area contributed by atoms with Gasteiger partial charge in [-0.25, -0.2) is 0 Å². The Morgan fingerprint density at radius 3 is 1.51 bits per heavy atom. The quantitative estimate of drug-likeness (QED) is 0.161. The number of rotatable bonds is 10. The van der Waals surface area contributed by atoms with Crippen LogP contribution in [0.5, 0.6) is 11.5 Å². The topological polar surface area (TPSA) is 199 Å². The average molecular weight is 577 g/mol. The van der Waals surface area contributed by atoms with Crippen molar-refractivity contribution >= 4 is 6.08 Å². The summed E-state index contributed by atoms with van der Waals surface area (Å²) in [6.07, 6.45) is -8.15. The summed E-state index contributed by atoms with van der Waals surface area (Å²) < 4.78 is 22.0. The van der Waals surface area contributed by atoms with E-state index in [9.17, 15) is 40.9 Å². The number of hydrogen-bond donors (Lipinski definition) is 8. The molecule has 0 radical (unpaired) electrons. The zero-order chi connectivity index (χ0) is 29.7. The van der Waals surface area contributed by atoms with Gasteiger partial charge in [0.25, 0.3) is 0 Å². The summed E-state index contributed by atoms with van der Waals surface area (Å²) in [5, 5.41) is 78.7. The highest BCUT2D eigenvalue weighted by Gasteiger charge is 2.45. The predicted molar refractivity (Wildman–Crippen MR) is 144 cm³/mol. The van der Waals surface area contributed by atoms with Gasteiger partial charge < -0.3 is 59.8 Å². The highest BCUT2D eigenvalue weighted by molar-refractivity contribution is 5.53. The molecule has 0 spiro atoms. The van der Waals surface area contributed by atoms with Gasteiger partial charge in [-0.3, -0.25) is 0 Å². The van der Waals surface area contributed by atoms with Crippen molar-refractivity contribution < 1.29 is 59.8 Å². The second-order valence-electron chi connectivity index (χ2n) is 9.89. The molecule has 2 heterocycles. The van der Waals surface area contributed by atoms with Gasteiger partial charge in [-0.1, -0.05) is 42.5 Å². The first kappa shape index (κ1) is 31.1. The minimum Gasteiger partial charge on any atom is -0.462 e. The Kier molecular flexibility index (Phi) is 10.5. The molecule has 12 nitrogen and oxygen atoms in total. The molecule has 224 valence electrons. The fourth-order valence-electron chi connectivity index (χ4n) is 4.56. The molecule has 0 bridgehead atoms. The summed E-state index contributed by atoms with van der Waals surface area (Å²) in [5.41, 5.74) is 1.72. The van der Waals surface area contributed by atoms with E-state index in [-0.39, 0.29) is 5.92 Å². The van der Waals surface area contributed by atoms with Crippen LogP contribution in [0.4, 0.5) is 0 Å². The number of benzene rings is 2. The largest absolute Gasteiger partial charge is 0.462 e. The highest BCUT2D eigenvalue weighted by Crippen LogP contribution is 2.28. The summed E-state index contributed by atoms with van der Waals surface area (Å²) in [7, 11) is 0. The highest BCUT2D eigenvalue weighted by atomic mass is 16.7. The van der Waals surface area contributed by atoms with Gasteiger partial charge in [0.1, 0.15) is 60.3 Å². The molecule has 2 aliphatic heterocycles. The van der Waals surface area contributed by atoms with Crippen LogP contribution in [0.25, 0.3) is 6.08 Å². The molecule has 11 unspecified atom stereocenters. The van der Waals surface area contributed by atoms with Crippen LogP contribution in [0, 0.1) is 0 Å². The smallest absolute Gasteiger partial charge is 0.229 e. The molecule has 0 aromatic heterocycles. The monoisotopic (exact) mass is 576 g/mol. The molecule has 41 heavy (non-hydrogen) atoms. The zero-order valence-corrected chi connectivity index (χ0v) is 22.0. The first-order valence-electron chi connectivity index (χ1n) is 13.1. The minimum absolute atomic E-state index is 0.165. The van der Waals surface area contributed by atoms with Gasteiger partial charge in [-0.05, 0) is 35.4 Å². The van der Waals surface area contributed by atoms with E-state index in [1.54, 1.807) is 54.6 Å². The molecular weight excluding hydrogens is 540 g/mol. The maximum atomic E-state index is 10.2.